The molecule has 2 N–H and O–H groups in total. The van der Waals surface area contributed by atoms with E-state index in [0.29, 0.717) is 0 Å². The fraction of sp³-hybridized carbons (Fsp3) is 0.571. The lowest BCUT2D eigenvalue weighted by Gasteiger charge is -2.25. The van der Waals surface area contributed by atoms with Crippen LogP contribution >= 0.6 is 0 Å². The SMILES string of the molecule is NC(c1cc(OC(F)(F)F)c(OC(F)(F)F)c(OC(F)(F)F)c1OC(F)(F)F)C1CC1. The van der Waals surface area contributed by atoms with Gasteiger partial charge in [-0.15, -0.1) is 52.7 Å². The molecule has 31 heavy (non-hydrogen) atoms. The summed E-state index contributed by atoms with van der Waals surface area (Å²) in [5.74, 6) is -9.85. The summed E-state index contributed by atoms with van der Waals surface area (Å²) in [6, 6.07) is -1.74. The zero-order chi connectivity index (χ0) is 24.0. The predicted octanol–water partition coefficient (Wildman–Crippen LogP) is 5.69. The highest BCUT2D eigenvalue weighted by atomic mass is 19.4. The topological polar surface area (TPSA) is 62.9 Å². The molecule has 1 aromatic carbocycles. The van der Waals surface area contributed by atoms with Gasteiger partial charge in [0.05, 0.1) is 0 Å². The van der Waals surface area contributed by atoms with Crippen LogP contribution in [-0.2, 0) is 0 Å². The Morgan fingerprint density at radius 2 is 1.03 bits per heavy atom. The van der Waals surface area contributed by atoms with E-state index in [1.165, 1.54) is 0 Å². The number of hydrogen-bond acceptors (Lipinski definition) is 5. The molecule has 0 radical (unpaired) electrons. The first-order valence-electron chi connectivity index (χ1n) is 7.75. The second-order valence-electron chi connectivity index (χ2n) is 6.01. The number of hydrogen-bond donors (Lipinski definition) is 1. The van der Waals surface area contributed by atoms with Gasteiger partial charge in [-0.05, 0) is 24.8 Å². The van der Waals surface area contributed by atoms with Crippen LogP contribution in [0.5, 0.6) is 23.0 Å². The van der Waals surface area contributed by atoms with E-state index in [4.69, 9.17) is 5.73 Å². The molecule has 17 heteroatoms. The minimum absolute atomic E-state index is 0.0815. The minimum Gasteiger partial charge on any atom is -0.402 e. The largest absolute Gasteiger partial charge is 0.573 e. The van der Waals surface area contributed by atoms with E-state index >= 15 is 0 Å². The first-order chi connectivity index (χ1) is 13.8. The van der Waals surface area contributed by atoms with E-state index in [2.05, 4.69) is 18.9 Å². The summed E-state index contributed by atoms with van der Waals surface area (Å²) in [6.07, 6.45) is -23.1. The Balaban J connectivity index is 2.86. The lowest BCUT2D eigenvalue weighted by molar-refractivity contribution is -0.297. The van der Waals surface area contributed by atoms with Crippen molar-refractivity contribution in [2.24, 2.45) is 11.7 Å². The number of nitrogens with two attached hydrogens (primary N) is 1. The van der Waals surface area contributed by atoms with Crippen molar-refractivity contribution < 1.29 is 71.6 Å². The van der Waals surface area contributed by atoms with E-state index in [-0.39, 0.29) is 18.9 Å². The Hall–Kier alpha value is -2.46. The number of ether oxygens (including phenoxy) is 4. The molecule has 0 bridgehead atoms. The lowest BCUT2D eigenvalue weighted by atomic mass is 10.0. The molecular weight excluding hydrogens is 474 g/mol. The summed E-state index contributed by atoms with van der Waals surface area (Å²) in [7, 11) is 0. The molecule has 0 aliphatic heterocycles. The maximum Gasteiger partial charge on any atom is 0.573 e. The quantitative estimate of drug-likeness (QED) is 0.527. The Kier molecular flexibility index (Phi) is 6.32. The summed E-state index contributed by atoms with van der Waals surface area (Å²) in [5.41, 5.74) is 4.41. The van der Waals surface area contributed by atoms with Gasteiger partial charge in [0.2, 0.25) is 11.5 Å². The maximum absolute atomic E-state index is 12.8. The fourth-order valence-electron chi connectivity index (χ4n) is 2.42. The van der Waals surface area contributed by atoms with Gasteiger partial charge in [0.1, 0.15) is 0 Å². The van der Waals surface area contributed by atoms with E-state index in [1.54, 1.807) is 0 Å². The Morgan fingerprint density at radius 1 is 0.645 bits per heavy atom. The average molecular weight is 483 g/mol. The number of alkyl halides is 12. The number of rotatable bonds is 6. The number of halogens is 12. The summed E-state index contributed by atoms with van der Waals surface area (Å²) < 4.78 is 165. The van der Waals surface area contributed by atoms with Gasteiger partial charge in [0.25, 0.3) is 0 Å². The molecule has 0 aromatic heterocycles. The first kappa shape index (κ1) is 24.8. The van der Waals surface area contributed by atoms with Gasteiger partial charge in [-0.3, -0.25) is 0 Å². The van der Waals surface area contributed by atoms with Crippen LogP contribution in [0.3, 0.4) is 0 Å². The van der Waals surface area contributed by atoms with Crippen LogP contribution in [0.25, 0.3) is 0 Å². The molecule has 1 aliphatic carbocycles. The molecule has 0 spiro atoms. The fourth-order valence-corrected chi connectivity index (χ4v) is 2.42. The highest BCUT2D eigenvalue weighted by Gasteiger charge is 2.46. The highest BCUT2D eigenvalue weighted by molar-refractivity contribution is 5.64. The molecule has 0 amide bonds. The van der Waals surface area contributed by atoms with Crippen LogP contribution in [0.2, 0.25) is 0 Å². The van der Waals surface area contributed by atoms with Crippen molar-refractivity contribution in [3.8, 4) is 23.0 Å². The van der Waals surface area contributed by atoms with Crippen LogP contribution in [0.15, 0.2) is 6.07 Å². The molecule has 1 atom stereocenters. The van der Waals surface area contributed by atoms with Crippen molar-refractivity contribution in [3.05, 3.63) is 11.6 Å². The predicted molar refractivity (Wildman–Crippen MR) is 72.8 cm³/mol. The van der Waals surface area contributed by atoms with Crippen molar-refractivity contribution in [2.75, 3.05) is 0 Å². The van der Waals surface area contributed by atoms with E-state index in [1.807, 2.05) is 0 Å². The molecule has 1 aromatic rings. The van der Waals surface area contributed by atoms with Gasteiger partial charge in [-0.1, -0.05) is 0 Å². The van der Waals surface area contributed by atoms with Crippen molar-refractivity contribution >= 4 is 0 Å². The molecule has 1 aliphatic rings. The van der Waals surface area contributed by atoms with Gasteiger partial charge in [0, 0.05) is 11.6 Å². The summed E-state index contributed by atoms with van der Waals surface area (Å²) >= 11 is 0. The van der Waals surface area contributed by atoms with E-state index in [0.717, 1.165) is 0 Å². The van der Waals surface area contributed by atoms with Gasteiger partial charge >= 0.3 is 25.4 Å². The van der Waals surface area contributed by atoms with Crippen LogP contribution in [-0.4, -0.2) is 25.4 Å². The third-order valence-electron chi connectivity index (χ3n) is 3.55. The maximum atomic E-state index is 12.8. The van der Waals surface area contributed by atoms with Crippen LogP contribution in [0.1, 0.15) is 24.4 Å². The molecular formula is C14H9F12NO4. The van der Waals surface area contributed by atoms with Gasteiger partial charge in [-0.25, -0.2) is 0 Å². The van der Waals surface area contributed by atoms with Crippen LogP contribution in [0.4, 0.5) is 52.7 Å². The van der Waals surface area contributed by atoms with Crippen molar-refractivity contribution in [3.63, 3.8) is 0 Å². The molecule has 178 valence electrons. The van der Waals surface area contributed by atoms with Gasteiger partial charge < -0.3 is 24.7 Å². The molecule has 1 fully saturated rings. The second-order valence-corrected chi connectivity index (χ2v) is 6.01. The normalized spacial score (nSPS) is 16.7. The van der Waals surface area contributed by atoms with Crippen molar-refractivity contribution in [1.29, 1.82) is 0 Å². The molecule has 0 heterocycles. The summed E-state index contributed by atoms with van der Waals surface area (Å²) in [6.45, 7) is 0. The van der Waals surface area contributed by atoms with Crippen molar-refractivity contribution in [2.45, 2.75) is 44.3 Å². The summed E-state index contributed by atoms with van der Waals surface area (Å²) in [4.78, 5) is 0. The Bertz CT molecular complexity index is 795. The van der Waals surface area contributed by atoms with Gasteiger partial charge in [0.15, 0.2) is 11.5 Å². The van der Waals surface area contributed by atoms with E-state index < -0.39 is 66.0 Å². The second kappa shape index (κ2) is 7.90. The zero-order valence-corrected chi connectivity index (χ0v) is 14.4. The smallest absolute Gasteiger partial charge is 0.402 e. The monoisotopic (exact) mass is 483 g/mol. The van der Waals surface area contributed by atoms with E-state index in [9.17, 15) is 52.7 Å². The average Bonchev–Trinajstić information content (AvgIpc) is 3.32. The first-order valence-corrected chi connectivity index (χ1v) is 7.75. The highest BCUT2D eigenvalue weighted by Crippen LogP contribution is 2.55. The van der Waals surface area contributed by atoms with Crippen LogP contribution < -0.4 is 24.7 Å². The molecule has 2 rings (SSSR count). The van der Waals surface area contributed by atoms with Crippen LogP contribution in [0, 0.1) is 5.92 Å². The molecule has 0 saturated heterocycles. The Labute approximate surface area is 163 Å². The Morgan fingerprint density at radius 3 is 1.42 bits per heavy atom. The molecule has 1 unspecified atom stereocenters. The standard InChI is InChI=1S/C14H9F12NO4/c15-11(16,17)28-6-3-5(7(27)4-1-2-4)8(29-12(18,19)20)10(31-14(24,25)26)9(6)30-13(21,22)23/h3-4,7H,1-2,27H2. The number of benzene rings is 1. The lowest BCUT2D eigenvalue weighted by Crippen LogP contribution is -2.27. The van der Waals surface area contributed by atoms with Crippen molar-refractivity contribution in [1.82, 2.24) is 0 Å². The zero-order valence-electron chi connectivity index (χ0n) is 14.4. The minimum atomic E-state index is -5.98. The van der Waals surface area contributed by atoms with Gasteiger partial charge in [-0.2, -0.15) is 0 Å². The third-order valence-corrected chi connectivity index (χ3v) is 3.55. The third kappa shape index (κ3) is 7.62. The summed E-state index contributed by atoms with van der Waals surface area (Å²) in [5, 5.41) is 0. The molecule has 1 saturated carbocycles. The molecule has 5 nitrogen and oxygen atoms in total.